The van der Waals surface area contributed by atoms with E-state index in [4.69, 9.17) is 0 Å². The average Bonchev–Trinajstić information content (AvgIpc) is 2.30. The van der Waals surface area contributed by atoms with Gasteiger partial charge in [0.15, 0.2) is 0 Å². The summed E-state index contributed by atoms with van der Waals surface area (Å²) in [5, 5.41) is 3.67. The standard InChI is InChI=1S/C12H14N2O2/c1-2-16-12(15)14-13-10-6-9-11-7-4-3-5-8-11/h3-10H,2H2,1H3,(H,14,15)/b9-6-,13-10?. The zero-order valence-electron chi connectivity index (χ0n) is 9.09. The van der Waals surface area contributed by atoms with E-state index in [1.807, 2.05) is 36.4 Å². The van der Waals surface area contributed by atoms with E-state index in [1.165, 1.54) is 6.21 Å². The molecule has 0 aliphatic rings. The minimum atomic E-state index is -0.549. The summed E-state index contributed by atoms with van der Waals surface area (Å²) in [5.74, 6) is 0. The van der Waals surface area contributed by atoms with Crippen LogP contribution in [0.2, 0.25) is 0 Å². The third-order valence-electron chi connectivity index (χ3n) is 1.68. The molecule has 0 fully saturated rings. The molecule has 1 aromatic carbocycles. The molecule has 0 unspecified atom stereocenters. The molecular formula is C12H14N2O2. The largest absolute Gasteiger partial charge is 0.449 e. The normalized spacial score (nSPS) is 10.8. The Balaban J connectivity index is 2.32. The van der Waals surface area contributed by atoms with Crippen LogP contribution < -0.4 is 5.43 Å². The maximum absolute atomic E-state index is 10.8. The van der Waals surface area contributed by atoms with E-state index in [-0.39, 0.29) is 0 Å². The van der Waals surface area contributed by atoms with Gasteiger partial charge in [-0.05, 0) is 18.6 Å². The summed E-state index contributed by atoms with van der Waals surface area (Å²) in [4.78, 5) is 10.8. The van der Waals surface area contributed by atoms with Gasteiger partial charge < -0.3 is 4.74 Å². The summed E-state index contributed by atoms with van der Waals surface area (Å²) >= 11 is 0. The summed E-state index contributed by atoms with van der Waals surface area (Å²) in [6, 6.07) is 9.81. The van der Waals surface area contributed by atoms with Gasteiger partial charge in [0.1, 0.15) is 0 Å². The molecule has 0 saturated carbocycles. The van der Waals surface area contributed by atoms with Crippen molar-refractivity contribution >= 4 is 18.4 Å². The van der Waals surface area contributed by atoms with Crippen LogP contribution in [0.25, 0.3) is 6.08 Å². The Bertz CT molecular complexity index is 372. The summed E-state index contributed by atoms with van der Waals surface area (Å²) in [6.45, 7) is 2.07. The van der Waals surface area contributed by atoms with Crippen molar-refractivity contribution in [3.05, 3.63) is 42.0 Å². The Morgan fingerprint density at radius 1 is 1.44 bits per heavy atom. The van der Waals surface area contributed by atoms with Crippen LogP contribution in [0.4, 0.5) is 4.79 Å². The number of nitrogens with one attached hydrogen (secondary N) is 1. The Morgan fingerprint density at radius 2 is 2.19 bits per heavy atom. The predicted octanol–water partition coefficient (Wildman–Crippen LogP) is 2.43. The zero-order chi connectivity index (χ0) is 11.6. The minimum Gasteiger partial charge on any atom is -0.449 e. The molecule has 0 radical (unpaired) electrons. The number of allylic oxidation sites excluding steroid dienone is 1. The van der Waals surface area contributed by atoms with Crippen molar-refractivity contribution in [2.45, 2.75) is 6.92 Å². The lowest BCUT2D eigenvalue weighted by molar-refractivity contribution is 0.152. The van der Waals surface area contributed by atoms with Crippen LogP contribution in [0, 0.1) is 0 Å². The number of amides is 1. The molecule has 1 N–H and O–H groups in total. The molecule has 1 amide bonds. The van der Waals surface area contributed by atoms with Gasteiger partial charge in [-0.1, -0.05) is 36.4 Å². The van der Waals surface area contributed by atoms with Crippen molar-refractivity contribution in [2.24, 2.45) is 5.10 Å². The zero-order valence-corrected chi connectivity index (χ0v) is 9.09. The highest BCUT2D eigenvalue weighted by molar-refractivity contribution is 5.79. The Labute approximate surface area is 94.6 Å². The van der Waals surface area contributed by atoms with E-state index < -0.39 is 6.09 Å². The Kier molecular flexibility index (Phi) is 5.41. The van der Waals surface area contributed by atoms with Gasteiger partial charge in [0.25, 0.3) is 0 Å². The molecule has 0 aromatic heterocycles. The van der Waals surface area contributed by atoms with Crippen LogP contribution in [0.3, 0.4) is 0 Å². The first kappa shape index (κ1) is 12.0. The van der Waals surface area contributed by atoms with Crippen molar-refractivity contribution in [1.29, 1.82) is 0 Å². The van der Waals surface area contributed by atoms with E-state index in [1.54, 1.807) is 13.0 Å². The van der Waals surface area contributed by atoms with Crippen LogP contribution in [0.15, 0.2) is 41.5 Å². The second-order valence-electron chi connectivity index (χ2n) is 2.88. The van der Waals surface area contributed by atoms with E-state index in [0.717, 1.165) is 5.56 Å². The molecule has 4 heteroatoms. The summed E-state index contributed by atoms with van der Waals surface area (Å²) in [6.07, 6.45) is 4.56. The van der Waals surface area contributed by atoms with Crippen LogP contribution >= 0.6 is 0 Å². The number of benzene rings is 1. The lowest BCUT2D eigenvalue weighted by atomic mass is 10.2. The number of hydrogen-bond acceptors (Lipinski definition) is 3. The van der Waals surface area contributed by atoms with Crippen molar-refractivity contribution in [3.8, 4) is 0 Å². The number of hydrogen-bond donors (Lipinski definition) is 1. The van der Waals surface area contributed by atoms with Crippen LogP contribution in [-0.4, -0.2) is 18.9 Å². The molecule has 0 atom stereocenters. The van der Waals surface area contributed by atoms with Gasteiger partial charge in [-0.3, -0.25) is 0 Å². The monoisotopic (exact) mass is 218 g/mol. The molecule has 84 valence electrons. The van der Waals surface area contributed by atoms with Gasteiger partial charge in [-0.2, -0.15) is 5.10 Å². The topological polar surface area (TPSA) is 50.7 Å². The molecule has 0 spiro atoms. The van der Waals surface area contributed by atoms with Crippen LogP contribution in [-0.2, 0) is 4.74 Å². The molecule has 0 bridgehead atoms. The highest BCUT2D eigenvalue weighted by atomic mass is 16.5. The predicted molar refractivity (Wildman–Crippen MR) is 64.1 cm³/mol. The first-order chi connectivity index (χ1) is 7.83. The fourth-order valence-electron chi connectivity index (χ4n) is 1.01. The Morgan fingerprint density at radius 3 is 2.88 bits per heavy atom. The average molecular weight is 218 g/mol. The molecule has 16 heavy (non-hydrogen) atoms. The van der Waals surface area contributed by atoms with E-state index in [0.29, 0.717) is 6.61 Å². The van der Waals surface area contributed by atoms with Gasteiger partial charge in [-0.25, -0.2) is 10.2 Å². The third-order valence-corrected chi connectivity index (χ3v) is 1.68. The first-order valence-corrected chi connectivity index (χ1v) is 5.00. The lowest BCUT2D eigenvalue weighted by Crippen LogP contribution is -2.18. The summed E-state index contributed by atoms with van der Waals surface area (Å²) in [5.41, 5.74) is 3.30. The quantitative estimate of drug-likeness (QED) is 0.623. The summed E-state index contributed by atoms with van der Waals surface area (Å²) in [7, 11) is 0. The maximum Gasteiger partial charge on any atom is 0.427 e. The maximum atomic E-state index is 10.8. The number of hydrazone groups is 1. The number of carbonyl (C=O) groups is 1. The molecular weight excluding hydrogens is 204 g/mol. The van der Waals surface area contributed by atoms with Crippen molar-refractivity contribution in [2.75, 3.05) is 6.61 Å². The molecule has 0 heterocycles. The highest BCUT2D eigenvalue weighted by Gasteiger charge is 1.93. The van der Waals surface area contributed by atoms with E-state index in [2.05, 4.69) is 15.3 Å². The van der Waals surface area contributed by atoms with Crippen LogP contribution in [0.5, 0.6) is 0 Å². The number of nitrogens with zero attached hydrogens (tertiary/aromatic N) is 1. The lowest BCUT2D eigenvalue weighted by Gasteiger charge is -1.97. The minimum absolute atomic E-state index is 0.335. The van der Waals surface area contributed by atoms with Crippen LogP contribution in [0.1, 0.15) is 12.5 Å². The highest BCUT2D eigenvalue weighted by Crippen LogP contribution is 1.99. The fourth-order valence-corrected chi connectivity index (χ4v) is 1.01. The second kappa shape index (κ2) is 7.23. The number of ether oxygens (including phenoxy) is 1. The molecule has 0 aliphatic heterocycles. The van der Waals surface area contributed by atoms with Gasteiger partial charge in [0.05, 0.1) is 6.61 Å². The Hall–Kier alpha value is -2.10. The first-order valence-electron chi connectivity index (χ1n) is 5.00. The summed E-state index contributed by atoms with van der Waals surface area (Å²) < 4.78 is 4.62. The smallest absolute Gasteiger partial charge is 0.427 e. The molecule has 1 aromatic rings. The van der Waals surface area contributed by atoms with Gasteiger partial charge in [0, 0.05) is 6.21 Å². The third kappa shape index (κ3) is 4.95. The van der Waals surface area contributed by atoms with Crippen molar-refractivity contribution in [1.82, 2.24) is 5.43 Å². The number of rotatable bonds is 4. The van der Waals surface area contributed by atoms with Crippen molar-refractivity contribution in [3.63, 3.8) is 0 Å². The number of carbonyl (C=O) groups excluding carboxylic acids is 1. The van der Waals surface area contributed by atoms with Gasteiger partial charge in [0.2, 0.25) is 0 Å². The molecule has 0 saturated heterocycles. The SMILES string of the molecule is CCOC(=O)NN=C/C=C\c1ccccc1. The molecule has 1 rings (SSSR count). The van der Waals surface area contributed by atoms with E-state index >= 15 is 0 Å². The second-order valence-corrected chi connectivity index (χ2v) is 2.88. The fraction of sp³-hybridized carbons (Fsp3) is 0.167. The molecule has 4 nitrogen and oxygen atoms in total. The van der Waals surface area contributed by atoms with E-state index in [9.17, 15) is 4.79 Å². The molecule has 0 aliphatic carbocycles. The van der Waals surface area contributed by atoms with Crippen molar-refractivity contribution < 1.29 is 9.53 Å². The van der Waals surface area contributed by atoms with Gasteiger partial charge >= 0.3 is 6.09 Å². The van der Waals surface area contributed by atoms with Gasteiger partial charge in [-0.15, -0.1) is 0 Å².